The monoisotopic (exact) mass is 453 g/mol. The van der Waals surface area contributed by atoms with E-state index in [0.29, 0.717) is 35.0 Å². The topological polar surface area (TPSA) is 87.7 Å². The average Bonchev–Trinajstić information content (AvgIpc) is 3.44. The maximum Gasteiger partial charge on any atom is 0.338 e. The Balaban J connectivity index is 1.47. The highest BCUT2D eigenvalue weighted by Crippen LogP contribution is 2.56. The van der Waals surface area contributed by atoms with E-state index < -0.39 is 17.4 Å². The molecule has 0 bridgehead atoms. The molecule has 3 aliphatic heterocycles. The number of ether oxygens (including phenoxy) is 1. The summed E-state index contributed by atoms with van der Waals surface area (Å²) in [5, 5.41) is 6.38. The van der Waals surface area contributed by atoms with Crippen LogP contribution in [0.2, 0.25) is 5.02 Å². The van der Waals surface area contributed by atoms with Crippen LogP contribution < -0.4 is 10.6 Å². The first-order chi connectivity index (χ1) is 15.5. The molecular weight excluding hydrogens is 430 g/mol. The van der Waals surface area contributed by atoms with Crippen molar-refractivity contribution in [1.82, 2.24) is 4.90 Å². The Morgan fingerprint density at radius 3 is 2.78 bits per heavy atom. The highest BCUT2D eigenvalue weighted by Gasteiger charge is 2.65. The van der Waals surface area contributed by atoms with Crippen molar-refractivity contribution in [3.05, 3.63) is 58.6 Å². The molecule has 2 aromatic carbocycles. The van der Waals surface area contributed by atoms with Crippen LogP contribution in [0.3, 0.4) is 0 Å². The molecule has 8 heteroatoms. The number of hydrogen-bond acceptors (Lipinski definition) is 5. The Bertz CT molecular complexity index is 1100. The van der Waals surface area contributed by atoms with E-state index >= 15 is 0 Å². The maximum absolute atomic E-state index is 13.5. The predicted octanol–water partition coefficient (Wildman–Crippen LogP) is 3.79. The zero-order chi connectivity index (χ0) is 22.5. The quantitative estimate of drug-likeness (QED) is 0.688. The Hall–Kier alpha value is -2.90. The van der Waals surface area contributed by atoms with E-state index in [4.69, 9.17) is 16.3 Å². The Labute approximate surface area is 191 Å². The number of nitrogens with zero attached hydrogens (tertiary/aromatic N) is 1. The number of amides is 2. The number of hydrogen-bond donors (Lipinski definition) is 2. The molecular formula is C24H24ClN3O4. The summed E-state index contributed by atoms with van der Waals surface area (Å²) in [5.41, 5.74) is 1.30. The highest BCUT2D eigenvalue weighted by atomic mass is 35.5. The average molecular weight is 454 g/mol. The number of carbonyl (C=O) groups is 3. The predicted molar refractivity (Wildman–Crippen MR) is 121 cm³/mol. The van der Waals surface area contributed by atoms with Gasteiger partial charge in [-0.25, -0.2) is 4.79 Å². The Kier molecular flexibility index (Phi) is 5.18. The lowest BCUT2D eigenvalue weighted by atomic mass is 9.78. The summed E-state index contributed by atoms with van der Waals surface area (Å²) < 4.78 is 5.00. The number of halogens is 1. The second-order valence-electron chi connectivity index (χ2n) is 8.45. The van der Waals surface area contributed by atoms with E-state index in [1.807, 2.05) is 12.1 Å². The number of anilines is 2. The van der Waals surface area contributed by atoms with Crippen molar-refractivity contribution < 1.29 is 19.1 Å². The van der Waals surface area contributed by atoms with Gasteiger partial charge in [0.25, 0.3) is 0 Å². The van der Waals surface area contributed by atoms with Crippen LogP contribution in [0.4, 0.5) is 11.4 Å². The third-order valence-corrected chi connectivity index (χ3v) is 7.15. The van der Waals surface area contributed by atoms with Gasteiger partial charge in [-0.15, -0.1) is 0 Å². The third-order valence-electron chi connectivity index (χ3n) is 6.83. The molecule has 2 amide bonds. The molecule has 7 nitrogen and oxygen atoms in total. The Morgan fingerprint density at radius 1 is 1.25 bits per heavy atom. The molecule has 0 saturated carbocycles. The van der Waals surface area contributed by atoms with Crippen LogP contribution in [-0.4, -0.2) is 41.9 Å². The number of nitrogens with one attached hydrogen (secondary N) is 2. The molecule has 32 heavy (non-hydrogen) atoms. The van der Waals surface area contributed by atoms with Crippen molar-refractivity contribution in [2.75, 3.05) is 23.8 Å². The normalized spacial score (nSPS) is 26.0. The number of benzene rings is 2. The number of carbonyl (C=O) groups excluding carboxylic acids is 3. The molecule has 0 aromatic heterocycles. The second kappa shape index (κ2) is 7.90. The third kappa shape index (κ3) is 3.03. The summed E-state index contributed by atoms with van der Waals surface area (Å²) in [6.07, 6.45) is 2.56. The van der Waals surface area contributed by atoms with Gasteiger partial charge in [0.15, 0.2) is 0 Å². The van der Waals surface area contributed by atoms with Gasteiger partial charge in [0.05, 0.1) is 28.8 Å². The maximum atomic E-state index is 13.5. The van der Waals surface area contributed by atoms with Crippen LogP contribution in [0, 0.1) is 5.92 Å². The largest absolute Gasteiger partial charge is 0.462 e. The molecule has 0 radical (unpaired) electrons. The summed E-state index contributed by atoms with van der Waals surface area (Å²) in [4.78, 5) is 41.1. The molecule has 2 aromatic rings. The minimum absolute atomic E-state index is 0.174. The number of rotatable bonds is 4. The smallest absolute Gasteiger partial charge is 0.338 e. The van der Waals surface area contributed by atoms with Gasteiger partial charge < -0.3 is 15.4 Å². The molecule has 2 saturated heterocycles. The van der Waals surface area contributed by atoms with Crippen LogP contribution in [0.1, 0.15) is 42.1 Å². The van der Waals surface area contributed by atoms with E-state index in [1.54, 1.807) is 37.3 Å². The van der Waals surface area contributed by atoms with Gasteiger partial charge in [0, 0.05) is 17.3 Å². The fourth-order valence-electron chi connectivity index (χ4n) is 5.55. The van der Waals surface area contributed by atoms with Gasteiger partial charge in [-0.2, -0.15) is 0 Å². The summed E-state index contributed by atoms with van der Waals surface area (Å²) >= 11 is 6.39. The van der Waals surface area contributed by atoms with Crippen molar-refractivity contribution in [2.24, 2.45) is 5.92 Å². The van der Waals surface area contributed by atoms with Crippen LogP contribution in [0.5, 0.6) is 0 Å². The molecule has 3 aliphatic rings. The van der Waals surface area contributed by atoms with Crippen LogP contribution in [0.15, 0.2) is 42.5 Å². The zero-order valence-corrected chi connectivity index (χ0v) is 18.4. The van der Waals surface area contributed by atoms with E-state index in [9.17, 15) is 14.4 Å². The first-order valence-electron chi connectivity index (χ1n) is 10.9. The standard InChI is InChI=1S/C24H24ClN3O4/c1-2-32-22(30)14-8-10-15(11-9-14)26-21(29)18-13-16-5-4-12-28(16)24(18)17-6-3-7-19(25)20(17)27-23(24)31/h3,6-11,16,18H,2,4-5,12-13H2,1H3,(H,26,29)(H,27,31). The lowest BCUT2D eigenvalue weighted by Crippen LogP contribution is -2.53. The second-order valence-corrected chi connectivity index (χ2v) is 8.85. The fourth-order valence-corrected chi connectivity index (χ4v) is 5.77. The van der Waals surface area contributed by atoms with Crippen LogP contribution >= 0.6 is 11.6 Å². The van der Waals surface area contributed by atoms with Crippen LogP contribution in [0.25, 0.3) is 0 Å². The summed E-state index contributed by atoms with van der Waals surface area (Å²) in [6, 6.07) is 12.2. The molecule has 166 valence electrons. The minimum Gasteiger partial charge on any atom is -0.462 e. The molecule has 1 spiro atoms. The molecule has 3 atom stereocenters. The number of para-hydroxylation sites is 1. The molecule has 3 unspecified atom stereocenters. The van der Waals surface area contributed by atoms with Gasteiger partial charge in [0.1, 0.15) is 5.54 Å². The van der Waals surface area contributed by atoms with Crippen molar-refractivity contribution in [3.8, 4) is 0 Å². The molecule has 2 N–H and O–H groups in total. The highest BCUT2D eigenvalue weighted by molar-refractivity contribution is 6.35. The first-order valence-corrected chi connectivity index (χ1v) is 11.3. The lowest BCUT2D eigenvalue weighted by Gasteiger charge is -2.36. The summed E-state index contributed by atoms with van der Waals surface area (Å²) in [6.45, 7) is 2.81. The van der Waals surface area contributed by atoms with Crippen molar-refractivity contribution in [1.29, 1.82) is 0 Å². The SMILES string of the molecule is CCOC(=O)c1ccc(NC(=O)C2CC3CCCN3C23C(=O)Nc2c(Cl)cccc23)cc1. The van der Waals surface area contributed by atoms with Gasteiger partial charge in [-0.3, -0.25) is 14.5 Å². The van der Waals surface area contributed by atoms with Gasteiger partial charge in [0.2, 0.25) is 11.8 Å². The molecule has 2 fully saturated rings. The van der Waals surface area contributed by atoms with E-state index in [-0.39, 0.29) is 17.9 Å². The van der Waals surface area contributed by atoms with Gasteiger partial charge in [-0.05, 0) is 63.1 Å². The number of fused-ring (bicyclic) bond motifs is 4. The molecule has 0 aliphatic carbocycles. The molecule has 5 rings (SSSR count). The number of esters is 1. The zero-order valence-electron chi connectivity index (χ0n) is 17.7. The minimum atomic E-state index is -1.06. The Morgan fingerprint density at radius 2 is 2.03 bits per heavy atom. The van der Waals surface area contributed by atoms with E-state index in [2.05, 4.69) is 15.5 Å². The van der Waals surface area contributed by atoms with Crippen LogP contribution in [-0.2, 0) is 19.9 Å². The van der Waals surface area contributed by atoms with E-state index in [1.165, 1.54) is 0 Å². The van der Waals surface area contributed by atoms with Gasteiger partial charge in [-0.1, -0.05) is 23.7 Å². The fraction of sp³-hybridized carbons (Fsp3) is 0.375. The first kappa shape index (κ1) is 21.0. The summed E-state index contributed by atoms with van der Waals surface area (Å²) in [5.74, 6) is -1.37. The molecule has 3 heterocycles. The van der Waals surface area contributed by atoms with Crippen molar-refractivity contribution in [2.45, 2.75) is 37.8 Å². The summed E-state index contributed by atoms with van der Waals surface area (Å²) in [7, 11) is 0. The van der Waals surface area contributed by atoms with Crippen molar-refractivity contribution in [3.63, 3.8) is 0 Å². The van der Waals surface area contributed by atoms with E-state index in [0.717, 1.165) is 24.9 Å². The lowest BCUT2D eigenvalue weighted by molar-refractivity contribution is -0.135. The van der Waals surface area contributed by atoms with Gasteiger partial charge >= 0.3 is 5.97 Å². The van der Waals surface area contributed by atoms with Crippen molar-refractivity contribution >= 4 is 40.8 Å².